The quantitative estimate of drug-likeness (QED) is 0.421. The molecule has 0 spiro atoms. The fraction of sp³-hybridized carbons (Fsp3) is 0.400. The standard InChI is InChI=1S/C30H35N3O2S/c1-23-10-13-30(14-11-23,33-17-15-32(16-18-33)27-8-3-2-4-9-27)25-6-5-7-26(21-25)31-29(35)28(34)20-24-12-19-36-22-24/h2-9,12,19,21-23H,10-11,13-18,20H2,1H3,(H,31,35)/t23-,30-. The number of para-hydroxylation sites is 1. The first-order valence-electron chi connectivity index (χ1n) is 13.0. The monoisotopic (exact) mass is 501 g/mol. The van der Waals surface area contributed by atoms with Crippen molar-refractivity contribution in [3.63, 3.8) is 0 Å². The van der Waals surface area contributed by atoms with Gasteiger partial charge >= 0.3 is 0 Å². The Labute approximate surface area is 218 Å². The lowest BCUT2D eigenvalue weighted by Gasteiger charge is -2.51. The maximum atomic E-state index is 12.6. The first-order valence-corrected chi connectivity index (χ1v) is 14.0. The Morgan fingerprint density at radius 2 is 1.72 bits per heavy atom. The van der Waals surface area contributed by atoms with Crippen LogP contribution < -0.4 is 10.2 Å². The van der Waals surface area contributed by atoms with Gasteiger partial charge in [0, 0.05) is 49.5 Å². The number of nitrogens with one attached hydrogen (secondary N) is 1. The van der Waals surface area contributed by atoms with Crippen LogP contribution in [-0.4, -0.2) is 42.8 Å². The number of nitrogens with zero attached hydrogens (tertiary/aromatic N) is 2. The molecule has 1 aromatic heterocycles. The molecule has 0 unspecified atom stereocenters. The fourth-order valence-electron chi connectivity index (χ4n) is 5.80. The highest BCUT2D eigenvalue weighted by Gasteiger charge is 2.42. The number of ketones is 1. The van der Waals surface area contributed by atoms with E-state index in [-0.39, 0.29) is 12.0 Å². The van der Waals surface area contributed by atoms with Crippen LogP contribution in [0, 0.1) is 5.92 Å². The molecule has 3 aromatic rings. The normalized spacial score (nSPS) is 22.8. The summed E-state index contributed by atoms with van der Waals surface area (Å²) in [6, 6.07) is 20.8. The molecule has 0 radical (unpaired) electrons. The number of thiophene rings is 1. The second-order valence-electron chi connectivity index (χ2n) is 10.3. The number of carbonyl (C=O) groups is 2. The maximum absolute atomic E-state index is 12.6. The summed E-state index contributed by atoms with van der Waals surface area (Å²) >= 11 is 1.54. The molecule has 1 amide bonds. The van der Waals surface area contributed by atoms with Crippen molar-refractivity contribution >= 4 is 34.4 Å². The molecule has 2 heterocycles. The van der Waals surface area contributed by atoms with E-state index >= 15 is 0 Å². The topological polar surface area (TPSA) is 52.7 Å². The zero-order chi connectivity index (χ0) is 25.0. The van der Waals surface area contributed by atoms with E-state index in [4.69, 9.17) is 0 Å². The van der Waals surface area contributed by atoms with Crippen molar-refractivity contribution in [1.82, 2.24) is 4.90 Å². The molecule has 1 aliphatic carbocycles. The third-order valence-electron chi connectivity index (χ3n) is 7.96. The lowest BCUT2D eigenvalue weighted by Crippen LogP contribution is -2.56. The minimum absolute atomic E-state index is 0.0310. The highest BCUT2D eigenvalue weighted by molar-refractivity contribution is 7.08. The van der Waals surface area contributed by atoms with Crippen LogP contribution in [-0.2, 0) is 21.5 Å². The summed E-state index contributed by atoms with van der Waals surface area (Å²) in [5.41, 5.74) is 4.11. The van der Waals surface area contributed by atoms with Crippen LogP contribution in [0.5, 0.6) is 0 Å². The minimum Gasteiger partial charge on any atom is -0.369 e. The number of amides is 1. The van der Waals surface area contributed by atoms with E-state index in [1.807, 2.05) is 29.0 Å². The molecule has 1 N–H and O–H groups in total. The predicted molar refractivity (Wildman–Crippen MR) is 148 cm³/mol. The van der Waals surface area contributed by atoms with Crippen LogP contribution >= 0.6 is 11.3 Å². The van der Waals surface area contributed by atoms with Crippen LogP contribution in [0.2, 0.25) is 0 Å². The molecule has 5 rings (SSSR count). The first-order chi connectivity index (χ1) is 17.5. The van der Waals surface area contributed by atoms with Crippen LogP contribution in [0.25, 0.3) is 0 Å². The van der Waals surface area contributed by atoms with Crippen molar-refractivity contribution in [1.29, 1.82) is 0 Å². The lowest BCUT2D eigenvalue weighted by molar-refractivity contribution is -0.134. The Bertz CT molecular complexity index is 1160. The van der Waals surface area contributed by atoms with E-state index in [9.17, 15) is 9.59 Å². The highest BCUT2D eigenvalue weighted by atomic mass is 32.1. The molecular weight excluding hydrogens is 466 g/mol. The van der Waals surface area contributed by atoms with Gasteiger partial charge in [-0.25, -0.2) is 0 Å². The Hall–Kier alpha value is -2.96. The molecule has 1 aliphatic heterocycles. The van der Waals surface area contributed by atoms with Gasteiger partial charge in [0.2, 0.25) is 5.78 Å². The maximum Gasteiger partial charge on any atom is 0.292 e. The van der Waals surface area contributed by atoms with Crippen molar-refractivity contribution in [3.05, 3.63) is 82.6 Å². The zero-order valence-electron chi connectivity index (χ0n) is 21.0. The molecular formula is C30H35N3O2S. The van der Waals surface area contributed by atoms with Crippen molar-refractivity contribution in [3.8, 4) is 0 Å². The second kappa shape index (κ2) is 11.0. The number of hydrogen-bond acceptors (Lipinski definition) is 5. The van der Waals surface area contributed by atoms with Crippen molar-refractivity contribution in [2.24, 2.45) is 5.92 Å². The van der Waals surface area contributed by atoms with Gasteiger partial charge in [-0.05, 0) is 83.8 Å². The number of hydrogen-bond donors (Lipinski definition) is 1. The fourth-order valence-corrected chi connectivity index (χ4v) is 6.47. The Kier molecular flexibility index (Phi) is 7.54. The summed E-state index contributed by atoms with van der Waals surface area (Å²) in [5, 5.41) is 6.72. The third kappa shape index (κ3) is 5.40. The average molecular weight is 502 g/mol. The van der Waals surface area contributed by atoms with Crippen LogP contribution in [0.1, 0.15) is 43.7 Å². The summed E-state index contributed by atoms with van der Waals surface area (Å²) in [5.74, 6) is -0.209. The smallest absolute Gasteiger partial charge is 0.292 e. The summed E-state index contributed by atoms with van der Waals surface area (Å²) < 4.78 is 0. The van der Waals surface area contributed by atoms with Crippen LogP contribution in [0.3, 0.4) is 0 Å². The van der Waals surface area contributed by atoms with Gasteiger partial charge in [-0.2, -0.15) is 11.3 Å². The molecule has 5 nitrogen and oxygen atoms in total. The predicted octanol–water partition coefficient (Wildman–Crippen LogP) is 5.73. The summed E-state index contributed by atoms with van der Waals surface area (Å²) in [7, 11) is 0. The molecule has 0 bridgehead atoms. The van der Waals surface area contributed by atoms with Gasteiger partial charge < -0.3 is 10.2 Å². The van der Waals surface area contributed by atoms with E-state index in [0.717, 1.165) is 50.5 Å². The number of carbonyl (C=O) groups excluding carboxylic acids is 2. The molecule has 2 fully saturated rings. The highest BCUT2D eigenvalue weighted by Crippen LogP contribution is 2.45. The molecule has 1 saturated carbocycles. The van der Waals surface area contributed by atoms with Crippen molar-refractivity contribution < 1.29 is 9.59 Å². The van der Waals surface area contributed by atoms with Crippen molar-refractivity contribution in [2.45, 2.75) is 44.6 Å². The minimum atomic E-state index is -0.541. The molecule has 2 aliphatic rings. The number of benzene rings is 2. The summed E-state index contributed by atoms with van der Waals surface area (Å²) in [4.78, 5) is 30.3. The summed E-state index contributed by atoms with van der Waals surface area (Å²) in [6.07, 6.45) is 4.79. The molecule has 0 atom stereocenters. The van der Waals surface area contributed by atoms with E-state index in [2.05, 4.69) is 64.5 Å². The van der Waals surface area contributed by atoms with Gasteiger partial charge in [0.15, 0.2) is 0 Å². The SMILES string of the molecule is C[C@H]1CC[C@](c2cccc(NC(=O)C(=O)Cc3ccsc3)c2)(N2CCN(c3ccccc3)CC2)CC1. The Morgan fingerprint density at radius 3 is 2.42 bits per heavy atom. The summed E-state index contributed by atoms with van der Waals surface area (Å²) in [6.45, 7) is 6.40. The molecule has 1 saturated heterocycles. The number of anilines is 2. The Balaban J connectivity index is 1.32. The number of Topliss-reactive ketones (excluding diaryl/α,β-unsaturated/α-hetero) is 1. The Morgan fingerprint density at radius 1 is 0.972 bits per heavy atom. The van der Waals surface area contributed by atoms with Gasteiger partial charge in [-0.3, -0.25) is 14.5 Å². The van der Waals surface area contributed by atoms with Crippen molar-refractivity contribution in [2.75, 3.05) is 36.4 Å². The average Bonchev–Trinajstić information content (AvgIpc) is 3.43. The lowest BCUT2D eigenvalue weighted by atomic mass is 9.71. The van der Waals surface area contributed by atoms with Gasteiger partial charge in [0.1, 0.15) is 0 Å². The van der Waals surface area contributed by atoms with E-state index in [0.29, 0.717) is 5.69 Å². The van der Waals surface area contributed by atoms with Gasteiger partial charge in [0.05, 0.1) is 0 Å². The first kappa shape index (κ1) is 24.7. The van der Waals surface area contributed by atoms with E-state index < -0.39 is 11.7 Å². The van der Waals surface area contributed by atoms with Crippen LogP contribution in [0.15, 0.2) is 71.4 Å². The second-order valence-corrected chi connectivity index (χ2v) is 11.1. The zero-order valence-corrected chi connectivity index (χ0v) is 21.8. The number of rotatable bonds is 7. The van der Waals surface area contributed by atoms with Gasteiger partial charge in [0.25, 0.3) is 5.91 Å². The molecule has 36 heavy (non-hydrogen) atoms. The van der Waals surface area contributed by atoms with Gasteiger partial charge in [-0.15, -0.1) is 0 Å². The van der Waals surface area contributed by atoms with Crippen LogP contribution in [0.4, 0.5) is 11.4 Å². The number of piperazine rings is 1. The third-order valence-corrected chi connectivity index (χ3v) is 8.70. The van der Waals surface area contributed by atoms with Gasteiger partial charge in [-0.1, -0.05) is 37.3 Å². The van der Waals surface area contributed by atoms with E-state index in [1.54, 1.807) is 0 Å². The van der Waals surface area contributed by atoms with E-state index in [1.165, 1.54) is 35.4 Å². The molecule has 6 heteroatoms. The molecule has 188 valence electrons. The largest absolute Gasteiger partial charge is 0.369 e. The molecule has 2 aromatic carbocycles.